The van der Waals surface area contributed by atoms with E-state index in [2.05, 4.69) is 44.9 Å². The largest absolute Gasteiger partial charge is 0.379 e. The molecule has 166 valence electrons. The van der Waals surface area contributed by atoms with Crippen LogP contribution in [0.3, 0.4) is 0 Å². The molecule has 1 aromatic carbocycles. The van der Waals surface area contributed by atoms with E-state index < -0.39 is 5.60 Å². The summed E-state index contributed by atoms with van der Waals surface area (Å²) < 4.78 is 1.92. The standard InChI is InChI=1S/C25H25N7O/c1-15(2)32-14-17(12-29-32)16-9-19-20(13-28-23(19)27-11-16)21-10-22(31-24(26)30-21)25(3,33)18-7-5-4-6-8-18/h4-15,33H,1-3H3,(H,27,28)(H2,26,30,31)/t25-/m0/s1. The van der Waals surface area contributed by atoms with E-state index in [1.54, 1.807) is 13.0 Å². The number of aliphatic hydroxyl groups is 1. The van der Waals surface area contributed by atoms with Gasteiger partial charge < -0.3 is 15.8 Å². The Bertz CT molecular complexity index is 1430. The van der Waals surface area contributed by atoms with E-state index in [9.17, 15) is 5.11 Å². The summed E-state index contributed by atoms with van der Waals surface area (Å²) in [6.45, 7) is 5.88. The van der Waals surface area contributed by atoms with Crippen LogP contribution in [0.4, 0.5) is 5.95 Å². The summed E-state index contributed by atoms with van der Waals surface area (Å²) in [5, 5.41) is 16.6. The second-order valence-electron chi connectivity index (χ2n) is 8.56. The Labute approximate surface area is 191 Å². The van der Waals surface area contributed by atoms with Crippen LogP contribution < -0.4 is 5.73 Å². The number of benzene rings is 1. The molecule has 0 amide bonds. The SMILES string of the molecule is CC(C)n1cc(-c2cnc3[nH]cc(-c4cc([C@@](C)(O)c5ccccc5)nc(N)n4)c3c2)cn1. The van der Waals surface area contributed by atoms with E-state index in [1.807, 2.05) is 59.8 Å². The molecule has 8 nitrogen and oxygen atoms in total. The van der Waals surface area contributed by atoms with Crippen molar-refractivity contribution >= 4 is 17.0 Å². The van der Waals surface area contributed by atoms with Crippen LogP contribution in [0, 0.1) is 0 Å². The maximum atomic E-state index is 11.3. The Morgan fingerprint density at radius 1 is 1.06 bits per heavy atom. The smallest absolute Gasteiger partial charge is 0.220 e. The summed E-state index contributed by atoms with van der Waals surface area (Å²) in [7, 11) is 0. The van der Waals surface area contributed by atoms with Crippen molar-refractivity contribution < 1.29 is 5.11 Å². The molecule has 8 heteroatoms. The van der Waals surface area contributed by atoms with Gasteiger partial charge in [0.15, 0.2) is 0 Å². The molecule has 0 aliphatic carbocycles. The number of nitrogens with one attached hydrogen (secondary N) is 1. The average Bonchev–Trinajstić information content (AvgIpc) is 3.46. The molecule has 0 radical (unpaired) electrons. The van der Waals surface area contributed by atoms with Crippen LogP contribution in [0.25, 0.3) is 33.4 Å². The Hall–Kier alpha value is -4.04. The molecule has 4 N–H and O–H groups in total. The summed E-state index contributed by atoms with van der Waals surface area (Å²) in [6.07, 6.45) is 7.52. The minimum atomic E-state index is -1.33. The van der Waals surface area contributed by atoms with Gasteiger partial charge in [0, 0.05) is 46.7 Å². The number of aromatic amines is 1. The van der Waals surface area contributed by atoms with Crippen LogP contribution in [0.5, 0.6) is 0 Å². The van der Waals surface area contributed by atoms with Crippen molar-refractivity contribution in [3.8, 4) is 22.4 Å². The summed E-state index contributed by atoms with van der Waals surface area (Å²) in [4.78, 5) is 16.6. The normalized spacial score (nSPS) is 13.5. The van der Waals surface area contributed by atoms with E-state index in [0.717, 1.165) is 33.3 Å². The maximum Gasteiger partial charge on any atom is 0.220 e. The molecule has 5 rings (SSSR count). The number of hydrogen-bond donors (Lipinski definition) is 3. The first-order valence-electron chi connectivity index (χ1n) is 10.8. The zero-order chi connectivity index (χ0) is 23.2. The average molecular weight is 440 g/mol. The Morgan fingerprint density at radius 2 is 1.85 bits per heavy atom. The Balaban J connectivity index is 1.61. The number of anilines is 1. The summed E-state index contributed by atoms with van der Waals surface area (Å²) in [5.74, 6) is 0.0929. The van der Waals surface area contributed by atoms with E-state index in [4.69, 9.17) is 5.73 Å². The Kier molecular flexibility index (Phi) is 4.94. The molecule has 0 unspecified atom stereocenters. The lowest BCUT2D eigenvalue weighted by molar-refractivity contribution is 0.0975. The van der Waals surface area contributed by atoms with E-state index in [0.29, 0.717) is 11.4 Å². The highest BCUT2D eigenvalue weighted by Crippen LogP contribution is 2.34. The fourth-order valence-corrected chi connectivity index (χ4v) is 3.91. The predicted octanol–water partition coefficient (Wildman–Crippen LogP) is 4.30. The molecule has 0 saturated carbocycles. The van der Waals surface area contributed by atoms with Gasteiger partial charge >= 0.3 is 0 Å². The van der Waals surface area contributed by atoms with Crippen molar-refractivity contribution in [1.82, 2.24) is 29.7 Å². The van der Waals surface area contributed by atoms with Crippen molar-refractivity contribution in [1.29, 1.82) is 0 Å². The number of H-pyrrole nitrogens is 1. The first-order valence-corrected chi connectivity index (χ1v) is 10.8. The van der Waals surface area contributed by atoms with Gasteiger partial charge in [-0.3, -0.25) is 4.68 Å². The van der Waals surface area contributed by atoms with Gasteiger partial charge in [-0.05, 0) is 38.5 Å². The van der Waals surface area contributed by atoms with Gasteiger partial charge in [0.05, 0.1) is 17.6 Å². The summed E-state index contributed by atoms with van der Waals surface area (Å²) >= 11 is 0. The lowest BCUT2D eigenvalue weighted by Crippen LogP contribution is -2.25. The number of fused-ring (bicyclic) bond motifs is 1. The number of pyridine rings is 1. The van der Waals surface area contributed by atoms with Crippen molar-refractivity contribution in [2.75, 3.05) is 5.73 Å². The van der Waals surface area contributed by atoms with Crippen LogP contribution in [0.2, 0.25) is 0 Å². The quantitative estimate of drug-likeness (QED) is 0.376. The first-order chi connectivity index (χ1) is 15.8. The van der Waals surface area contributed by atoms with Crippen LogP contribution in [-0.2, 0) is 5.60 Å². The third kappa shape index (κ3) is 3.74. The van der Waals surface area contributed by atoms with Gasteiger partial charge in [-0.15, -0.1) is 0 Å². The minimum absolute atomic E-state index is 0.0929. The monoisotopic (exact) mass is 439 g/mol. The van der Waals surface area contributed by atoms with Crippen LogP contribution in [0.1, 0.15) is 38.1 Å². The van der Waals surface area contributed by atoms with Crippen molar-refractivity contribution in [3.63, 3.8) is 0 Å². The van der Waals surface area contributed by atoms with Crippen molar-refractivity contribution in [3.05, 3.63) is 78.5 Å². The van der Waals surface area contributed by atoms with Crippen LogP contribution in [-0.4, -0.2) is 34.8 Å². The molecule has 4 aromatic heterocycles. The highest BCUT2D eigenvalue weighted by molar-refractivity contribution is 5.95. The molecule has 4 heterocycles. The van der Waals surface area contributed by atoms with Crippen LogP contribution >= 0.6 is 0 Å². The van der Waals surface area contributed by atoms with Crippen LogP contribution in [0.15, 0.2) is 67.3 Å². The number of rotatable bonds is 5. The summed E-state index contributed by atoms with van der Waals surface area (Å²) in [6, 6.07) is 13.5. The first kappa shape index (κ1) is 20.8. The third-order valence-electron chi connectivity index (χ3n) is 5.85. The number of nitrogens with zero attached hydrogens (tertiary/aromatic N) is 5. The van der Waals surface area contributed by atoms with E-state index >= 15 is 0 Å². The van der Waals surface area contributed by atoms with Gasteiger partial charge in [0.25, 0.3) is 0 Å². The highest BCUT2D eigenvalue weighted by atomic mass is 16.3. The number of aromatic nitrogens is 6. The molecule has 0 aliphatic rings. The third-order valence-corrected chi connectivity index (χ3v) is 5.85. The molecule has 1 atom stereocenters. The lowest BCUT2D eigenvalue weighted by atomic mass is 9.91. The molecule has 0 spiro atoms. The molecule has 5 aromatic rings. The summed E-state index contributed by atoms with van der Waals surface area (Å²) in [5.41, 5.74) is 10.00. The van der Waals surface area contributed by atoms with Gasteiger partial charge in [0.2, 0.25) is 5.95 Å². The number of hydrogen-bond acceptors (Lipinski definition) is 6. The van der Waals surface area contributed by atoms with Crippen molar-refractivity contribution in [2.45, 2.75) is 32.4 Å². The number of nitrogen functional groups attached to an aromatic ring is 1. The van der Waals surface area contributed by atoms with Gasteiger partial charge in [-0.1, -0.05) is 30.3 Å². The Morgan fingerprint density at radius 3 is 2.58 bits per heavy atom. The fourth-order valence-electron chi connectivity index (χ4n) is 3.91. The second kappa shape index (κ2) is 7.83. The van der Waals surface area contributed by atoms with Crippen molar-refractivity contribution in [2.24, 2.45) is 0 Å². The van der Waals surface area contributed by atoms with Gasteiger partial charge in [-0.25, -0.2) is 15.0 Å². The topological polar surface area (TPSA) is 119 Å². The molecule has 0 bridgehead atoms. The predicted molar refractivity (Wildman–Crippen MR) is 128 cm³/mol. The second-order valence-corrected chi connectivity index (χ2v) is 8.56. The van der Waals surface area contributed by atoms with Gasteiger partial charge in [-0.2, -0.15) is 5.10 Å². The highest BCUT2D eigenvalue weighted by Gasteiger charge is 2.28. The van der Waals surface area contributed by atoms with E-state index in [-0.39, 0.29) is 12.0 Å². The lowest BCUT2D eigenvalue weighted by Gasteiger charge is -2.24. The molecule has 0 saturated heterocycles. The maximum absolute atomic E-state index is 11.3. The molecule has 0 aliphatic heterocycles. The zero-order valence-electron chi connectivity index (χ0n) is 18.7. The molecular formula is C25H25N7O. The molecule has 33 heavy (non-hydrogen) atoms. The minimum Gasteiger partial charge on any atom is -0.379 e. The zero-order valence-corrected chi connectivity index (χ0v) is 18.7. The van der Waals surface area contributed by atoms with E-state index in [1.165, 1.54) is 0 Å². The molecule has 0 fully saturated rings. The number of nitrogens with two attached hydrogens (primary N) is 1. The fraction of sp³-hybridized carbons (Fsp3) is 0.200. The van der Waals surface area contributed by atoms with Gasteiger partial charge in [0.1, 0.15) is 11.2 Å². The molecular weight excluding hydrogens is 414 g/mol.